The SMILES string of the molecule is CC(C)N(C)CCCC(=O)Nc1cccc(N)c1. The van der Waals surface area contributed by atoms with Gasteiger partial charge in [0.2, 0.25) is 5.91 Å². The number of rotatable bonds is 6. The van der Waals surface area contributed by atoms with E-state index < -0.39 is 0 Å². The molecule has 1 rings (SSSR count). The molecule has 1 aromatic rings. The maximum absolute atomic E-state index is 11.7. The topological polar surface area (TPSA) is 58.4 Å². The summed E-state index contributed by atoms with van der Waals surface area (Å²) >= 11 is 0. The summed E-state index contributed by atoms with van der Waals surface area (Å²) in [4.78, 5) is 13.9. The maximum atomic E-state index is 11.7. The van der Waals surface area contributed by atoms with Gasteiger partial charge in [0.25, 0.3) is 0 Å². The van der Waals surface area contributed by atoms with Crippen molar-refractivity contribution in [1.82, 2.24) is 4.90 Å². The van der Waals surface area contributed by atoms with Crippen LogP contribution in [0.15, 0.2) is 24.3 Å². The molecule has 0 bridgehead atoms. The highest BCUT2D eigenvalue weighted by Gasteiger charge is 2.06. The number of hydrogen-bond acceptors (Lipinski definition) is 3. The zero-order valence-corrected chi connectivity index (χ0v) is 11.4. The molecule has 0 heterocycles. The van der Waals surface area contributed by atoms with Crippen LogP contribution in [0.25, 0.3) is 0 Å². The first-order chi connectivity index (χ1) is 8.49. The van der Waals surface area contributed by atoms with Gasteiger partial charge in [0.15, 0.2) is 0 Å². The molecule has 0 aromatic heterocycles. The highest BCUT2D eigenvalue weighted by Crippen LogP contribution is 2.12. The molecule has 0 atom stereocenters. The second-order valence-corrected chi connectivity index (χ2v) is 4.85. The van der Waals surface area contributed by atoms with Gasteiger partial charge in [0.1, 0.15) is 0 Å². The lowest BCUT2D eigenvalue weighted by Gasteiger charge is -2.20. The molecule has 0 fully saturated rings. The van der Waals surface area contributed by atoms with Crippen LogP contribution in [-0.2, 0) is 4.79 Å². The van der Waals surface area contributed by atoms with Crippen LogP contribution >= 0.6 is 0 Å². The number of amides is 1. The van der Waals surface area contributed by atoms with Crippen molar-refractivity contribution in [3.8, 4) is 0 Å². The molecule has 0 unspecified atom stereocenters. The molecule has 3 N–H and O–H groups in total. The summed E-state index contributed by atoms with van der Waals surface area (Å²) in [6.07, 6.45) is 1.40. The second kappa shape index (κ2) is 7.01. The molecule has 1 amide bonds. The normalized spacial score (nSPS) is 10.9. The number of carbonyl (C=O) groups is 1. The van der Waals surface area contributed by atoms with Crippen LogP contribution in [0, 0.1) is 0 Å². The van der Waals surface area contributed by atoms with Crippen molar-refractivity contribution in [3.05, 3.63) is 24.3 Å². The molecular formula is C14H23N3O. The minimum Gasteiger partial charge on any atom is -0.399 e. The Morgan fingerprint density at radius 3 is 2.78 bits per heavy atom. The first-order valence-electron chi connectivity index (χ1n) is 6.34. The van der Waals surface area contributed by atoms with E-state index >= 15 is 0 Å². The third kappa shape index (κ3) is 5.19. The van der Waals surface area contributed by atoms with Gasteiger partial charge in [0, 0.05) is 23.8 Å². The quantitative estimate of drug-likeness (QED) is 0.761. The van der Waals surface area contributed by atoms with E-state index in [2.05, 4.69) is 31.1 Å². The van der Waals surface area contributed by atoms with Gasteiger partial charge in [-0.25, -0.2) is 0 Å². The average Bonchev–Trinajstić information content (AvgIpc) is 2.28. The van der Waals surface area contributed by atoms with Gasteiger partial charge in [-0.2, -0.15) is 0 Å². The fourth-order valence-electron chi connectivity index (χ4n) is 1.59. The third-order valence-corrected chi connectivity index (χ3v) is 2.97. The molecule has 18 heavy (non-hydrogen) atoms. The predicted octanol–water partition coefficient (Wildman–Crippen LogP) is 2.33. The van der Waals surface area contributed by atoms with Crippen molar-refractivity contribution in [3.63, 3.8) is 0 Å². The number of carbonyl (C=O) groups excluding carboxylic acids is 1. The van der Waals surface area contributed by atoms with Crippen LogP contribution < -0.4 is 11.1 Å². The Hall–Kier alpha value is -1.55. The molecule has 0 radical (unpaired) electrons. The van der Waals surface area contributed by atoms with E-state index in [0.717, 1.165) is 18.7 Å². The molecule has 0 aliphatic carbocycles. The Labute approximate surface area is 109 Å². The number of nitrogens with one attached hydrogen (secondary N) is 1. The zero-order chi connectivity index (χ0) is 13.5. The summed E-state index contributed by atoms with van der Waals surface area (Å²) in [6, 6.07) is 7.75. The molecule has 4 nitrogen and oxygen atoms in total. The van der Waals surface area contributed by atoms with Gasteiger partial charge in [-0.15, -0.1) is 0 Å². The van der Waals surface area contributed by atoms with E-state index in [1.54, 1.807) is 12.1 Å². The van der Waals surface area contributed by atoms with E-state index in [1.165, 1.54) is 0 Å². The van der Waals surface area contributed by atoms with Crippen molar-refractivity contribution < 1.29 is 4.79 Å². The van der Waals surface area contributed by atoms with Crippen LogP contribution in [0.2, 0.25) is 0 Å². The lowest BCUT2D eigenvalue weighted by atomic mass is 10.2. The van der Waals surface area contributed by atoms with Crippen LogP contribution in [0.1, 0.15) is 26.7 Å². The lowest BCUT2D eigenvalue weighted by Crippen LogP contribution is -2.28. The Kier molecular flexibility index (Phi) is 5.65. The van der Waals surface area contributed by atoms with Crippen molar-refractivity contribution in [2.24, 2.45) is 0 Å². The molecular weight excluding hydrogens is 226 g/mol. The van der Waals surface area contributed by atoms with E-state index in [1.807, 2.05) is 12.1 Å². The number of nitrogens with two attached hydrogens (primary N) is 1. The summed E-state index contributed by atoms with van der Waals surface area (Å²) in [5, 5.41) is 2.85. The molecule has 0 saturated carbocycles. The highest BCUT2D eigenvalue weighted by atomic mass is 16.1. The highest BCUT2D eigenvalue weighted by molar-refractivity contribution is 5.91. The van der Waals surface area contributed by atoms with Crippen molar-refractivity contribution in [2.75, 3.05) is 24.6 Å². The Morgan fingerprint density at radius 2 is 2.17 bits per heavy atom. The third-order valence-electron chi connectivity index (χ3n) is 2.97. The fourth-order valence-corrected chi connectivity index (χ4v) is 1.59. The summed E-state index contributed by atoms with van der Waals surface area (Å²) in [5.74, 6) is 0.0396. The van der Waals surface area contributed by atoms with Crippen molar-refractivity contribution in [1.29, 1.82) is 0 Å². The first kappa shape index (κ1) is 14.5. The van der Waals surface area contributed by atoms with Gasteiger partial charge in [-0.1, -0.05) is 6.07 Å². The number of benzene rings is 1. The summed E-state index contributed by atoms with van der Waals surface area (Å²) in [7, 11) is 2.07. The van der Waals surface area contributed by atoms with Gasteiger partial charge in [-0.05, 0) is 52.1 Å². The Balaban J connectivity index is 2.30. The van der Waals surface area contributed by atoms with Gasteiger partial charge >= 0.3 is 0 Å². The molecule has 4 heteroatoms. The largest absolute Gasteiger partial charge is 0.399 e. The lowest BCUT2D eigenvalue weighted by molar-refractivity contribution is -0.116. The van der Waals surface area contributed by atoms with Gasteiger partial charge in [0.05, 0.1) is 0 Å². The fraction of sp³-hybridized carbons (Fsp3) is 0.500. The predicted molar refractivity (Wildman–Crippen MR) is 76.5 cm³/mol. The monoisotopic (exact) mass is 249 g/mol. The van der Waals surface area contributed by atoms with E-state index in [9.17, 15) is 4.79 Å². The molecule has 100 valence electrons. The molecule has 0 aliphatic heterocycles. The number of nitrogens with zero attached hydrogens (tertiary/aromatic N) is 1. The summed E-state index contributed by atoms with van der Waals surface area (Å²) < 4.78 is 0. The minimum absolute atomic E-state index is 0.0396. The standard InChI is InChI=1S/C14H23N3O/c1-11(2)17(3)9-5-8-14(18)16-13-7-4-6-12(15)10-13/h4,6-7,10-11H,5,8-9,15H2,1-3H3,(H,16,18). The number of anilines is 2. The molecule has 0 spiro atoms. The maximum Gasteiger partial charge on any atom is 0.224 e. The van der Waals surface area contributed by atoms with Gasteiger partial charge < -0.3 is 16.0 Å². The second-order valence-electron chi connectivity index (χ2n) is 4.85. The molecule has 1 aromatic carbocycles. The smallest absolute Gasteiger partial charge is 0.224 e. The van der Waals surface area contributed by atoms with Crippen LogP contribution in [-0.4, -0.2) is 30.4 Å². The van der Waals surface area contributed by atoms with Crippen molar-refractivity contribution in [2.45, 2.75) is 32.7 Å². The van der Waals surface area contributed by atoms with Crippen LogP contribution in [0.3, 0.4) is 0 Å². The van der Waals surface area contributed by atoms with Crippen LogP contribution in [0.4, 0.5) is 11.4 Å². The van der Waals surface area contributed by atoms with E-state index in [0.29, 0.717) is 18.2 Å². The Morgan fingerprint density at radius 1 is 1.44 bits per heavy atom. The summed E-state index contributed by atoms with van der Waals surface area (Å²) in [6.45, 7) is 5.22. The first-order valence-corrected chi connectivity index (χ1v) is 6.34. The Bertz CT molecular complexity index is 390. The molecule has 0 saturated heterocycles. The van der Waals surface area contributed by atoms with E-state index in [4.69, 9.17) is 5.73 Å². The summed E-state index contributed by atoms with van der Waals surface area (Å²) in [5.41, 5.74) is 7.07. The number of hydrogen-bond donors (Lipinski definition) is 2. The van der Waals surface area contributed by atoms with Gasteiger partial charge in [-0.3, -0.25) is 4.79 Å². The average molecular weight is 249 g/mol. The van der Waals surface area contributed by atoms with Crippen LogP contribution in [0.5, 0.6) is 0 Å². The van der Waals surface area contributed by atoms with E-state index in [-0.39, 0.29) is 5.91 Å². The minimum atomic E-state index is 0.0396. The zero-order valence-electron chi connectivity index (χ0n) is 11.4. The van der Waals surface area contributed by atoms with Crippen molar-refractivity contribution >= 4 is 17.3 Å². The molecule has 0 aliphatic rings. The number of nitrogen functional groups attached to an aromatic ring is 1.